The van der Waals surface area contributed by atoms with E-state index in [0.717, 1.165) is 56.6 Å². The number of amides is 2. The maximum Gasteiger partial charge on any atom is 0.278 e. The van der Waals surface area contributed by atoms with Gasteiger partial charge in [0.25, 0.3) is 5.91 Å². The van der Waals surface area contributed by atoms with Crippen LogP contribution in [0.3, 0.4) is 0 Å². The van der Waals surface area contributed by atoms with E-state index >= 15 is 0 Å². The highest BCUT2D eigenvalue weighted by atomic mass is 16.5. The minimum absolute atomic E-state index is 0.00233. The Morgan fingerprint density at radius 3 is 2.54 bits per heavy atom. The summed E-state index contributed by atoms with van der Waals surface area (Å²) in [7, 11) is 0. The molecule has 0 atom stereocenters. The molecule has 2 amide bonds. The Balaban J connectivity index is 1.34. The highest BCUT2D eigenvalue weighted by Gasteiger charge is 2.36. The van der Waals surface area contributed by atoms with Crippen molar-refractivity contribution >= 4 is 23.3 Å². The molecule has 1 aromatic carbocycles. The number of carbonyl (C=O) groups is 2. The van der Waals surface area contributed by atoms with Crippen LogP contribution in [0.25, 0.3) is 0 Å². The van der Waals surface area contributed by atoms with E-state index in [4.69, 9.17) is 10.00 Å². The molecule has 0 spiro atoms. The molecule has 216 valence electrons. The minimum atomic E-state index is -0.335. The lowest BCUT2D eigenvalue weighted by atomic mass is 9.84. The number of piperidine rings is 1. The second kappa shape index (κ2) is 13.3. The van der Waals surface area contributed by atoms with Crippen LogP contribution in [-0.4, -0.2) is 65.9 Å². The molecular formula is C32H40N6O3. The molecule has 2 aromatic rings. The maximum atomic E-state index is 13.2. The van der Waals surface area contributed by atoms with E-state index < -0.39 is 0 Å². The van der Waals surface area contributed by atoms with Crippen molar-refractivity contribution in [3.8, 4) is 11.9 Å². The van der Waals surface area contributed by atoms with Gasteiger partial charge in [0.15, 0.2) is 0 Å². The zero-order chi connectivity index (χ0) is 28.8. The number of nitrogens with one attached hydrogen (secondary N) is 1. The van der Waals surface area contributed by atoms with Crippen molar-refractivity contribution in [2.24, 2.45) is 10.9 Å². The van der Waals surface area contributed by atoms with Crippen LogP contribution in [0.1, 0.15) is 80.3 Å². The molecule has 0 unspecified atom stereocenters. The quantitative estimate of drug-likeness (QED) is 0.510. The fraction of sp³-hybridized carbons (Fsp3) is 0.531. The summed E-state index contributed by atoms with van der Waals surface area (Å²) in [4.78, 5) is 39.6. The fourth-order valence-corrected chi connectivity index (χ4v) is 6.12. The van der Waals surface area contributed by atoms with Gasteiger partial charge >= 0.3 is 0 Å². The van der Waals surface area contributed by atoms with Gasteiger partial charge in [-0.15, -0.1) is 0 Å². The number of pyridine rings is 1. The van der Waals surface area contributed by atoms with Crippen molar-refractivity contribution in [3.05, 3.63) is 53.2 Å². The summed E-state index contributed by atoms with van der Waals surface area (Å²) in [6.45, 7) is 7.69. The van der Waals surface area contributed by atoms with Gasteiger partial charge < -0.3 is 15.0 Å². The lowest BCUT2D eigenvalue weighted by Gasteiger charge is -2.36. The zero-order valence-electron chi connectivity index (χ0n) is 24.1. The Morgan fingerprint density at radius 1 is 1.12 bits per heavy atom. The third kappa shape index (κ3) is 7.12. The summed E-state index contributed by atoms with van der Waals surface area (Å²) in [5, 5.41) is 12.2. The smallest absolute Gasteiger partial charge is 0.278 e. The van der Waals surface area contributed by atoms with Crippen molar-refractivity contribution in [1.29, 1.82) is 5.26 Å². The van der Waals surface area contributed by atoms with E-state index in [1.807, 2.05) is 26.1 Å². The van der Waals surface area contributed by atoms with E-state index in [9.17, 15) is 9.59 Å². The summed E-state index contributed by atoms with van der Waals surface area (Å²) < 4.78 is 6.10. The Bertz CT molecular complexity index is 1300. The van der Waals surface area contributed by atoms with Gasteiger partial charge in [0.1, 0.15) is 12.4 Å². The lowest BCUT2D eigenvalue weighted by molar-refractivity contribution is -0.126. The lowest BCUT2D eigenvalue weighted by Crippen LogP contribution is -2.44. The van der Waals surface area contributed by atoms with E-state index in [1.54, 1.807) is 24.3 Å². The number of amidine groups is 1. The summed E-state index contributed by atoms with van der Waals surface area (Å²) >= 11 is 0. The molecule has 9 nitrogen and oxygen atoms in total. The van der Waals surface area contributed by atoms with Gasteiger partial charge in [-0.05, 0) is 89.7 Å². The number of hydrogen-bond donors (Lipinski definition) is 1. The van der Waals surface area contributed by atoms with Crippen LogP contribution in [0.2, 0.25) is 0 Å². The van der Waals surface area contributed by atoms with Crippen LogP contribution in [0, 0.1) is 17.2 Å². The van der Waals surface area contributed by atoms with Crippen LogP contribution in [0.5, 0.6) is 5.88 Å². The second-order valence-electron chi connectivity index (χ2n) is 11.6. The number of fused-ring (bicyclic) bond motifs is 1. The number of benzene rings is 1. The van der Waals surface area contributed by atoms with Gasteiger partial charge in [0.05, 0.1) is 17.3 Å². The molecule has 1 aromatic heterocycles. The van der Waals surface area contributed by atoms with Crippen molar-refractivity contribution in [3.63, 3.8) is 0 Å². The highest BCUT2D eigenvalue weighted by molar-refractivity contribution is 6.12. The number of hydrogen-bond acceptors (Lipinski definition) is 6. The molecule has 41 heavy (non-hydrogen) atoms. The van der Waals surface area contributed by atoms with E-state index in [-0.39, 0.29) is 29.8 Å². The van der Waals surface area contributed by atoms with E-state index in [0.29, 0.717) is 35.9 Å². The molecule has 5 rings (SSSR count). The van der Waals surface area contributed by atoms with Crippen molar-refractivity contribution in [2.75, 3.05) is 31.1 Å². The number of nitrogens with zero attached hydrogens (tertiary/aromatic N) is 5. The Hall–Kier alpha value is -3.77. The average Bonchev–Trinajstić information content (AvgIpc) is 3.34. The fourth-order valence-electron chi connectivity index (χ4n) is 6.12. The molecule has 2 aliphatic heterocycles. The number of likely N-dealkylation sites (tertiary alicyclic amines) is 1. The number of aliphatic imine (C=N–C) groups is 1. The van der Waals surface area contributed by atoms with Crippen molar-refractivity contribution in [2.45, 2.75) is 77.3 Å². The second-order valence-corrected chi connectivity index (χ2v) is 11.6. The number of carbonyl (C=O) groups excluding carboxylic acids is 2. The van der Waals surface area contributed by atoms with Crippen molar-refractivity contribution < 1.29 is 14.3 Å². The van der Waals surface area contributed by atoms with Gasteiger partial charge in [0.2, 0.25) is 11.8 Å². The van der Waals surface area contributed by atoms with Gasteiger partial charge in [-0.25, -0.2) is 4.98 Å². The molecule has 1 aliphatic carbocycles. The van der Waals surface area contributed by atoms with Gasteiger partial charge in [-0.2, -0.15) is 10.3 Å². The normalized spacial score (nSPS) is 21.9. The summed E-state index contributed by atoms with van der Waals surface area (Å²) in [6.07, 6.45) is 9.38. The standard InChI is InChI=1S/C32H40N6O3/c1-22(2)35-31(39)25-10-12-27(13-11-25)38-28-19-30(41-17-16-37-14-4-3-5-15-37)34-21-26(28)18-29(38)36-32(40)24-8-6-23(20-33)7-9-24/h6-9,19,21-22,25,27H,3-5,10-18H2,1-2H3,(H,35,39). The van der Waals surface area contributed by atoms with Crippen LogP contribution < -0.4 is 15.0 Å². The number of anilines is 1. The number of ether oxygens (including phenoxy) is 1. The first-order chi connectivity index (χ1) is 19.9. The molecule has 0 radical (unpaired) electrons. The monoisotopic (exact) mass is 556 g/mol. The van der Waals surface area contributed by atoms with Crippen LogP contribution >= 0.6 is 0 Å². The molecule has 1 saturated heterocycles. The maximum absolute atomic E-state index is 13.2. The third-order valence-electron chi connectivity index (χ3n) is 8.28. The van der Waals surface area contributed by atoms with Crippen LogP contribution in [-0.2, 0) is 11.2 Å². The van der Waals surface area contributed by atoms with Crippen LogP contribution in [0.4, 0.5) is 5.69 Å². The zero-order valence-corrected chi connectivity index (χ0v) is 24.1. The molecular weight excluding hydrogens is 516 g/mol. The van der Waals surface area contributed by atoms with Gasteiger partial charge in [-0.1, -0.05) is 6.42 Å². The largest absolute Gasteiger partial charge is 0.476 e. The van der Waals surface area contributed by atoms with Crippen LogP contribution in [0.15, 0.2) is 41.5 Å². The minimum Gasteiger partial charge on any atom is -0.476 e. The molecule has 1 saturated carbocycles. The summed E-state index contributed by atoms with van der Waals surface area (Å²) in [5.74, 6) is 1.06. The third-order valence-corrected chi connectivity index (χ3v) is 8.28. The Labute approximate surface area is 242 Å². The SMILES string of the molecule is CC(C)NC(=O)C1CCC(N2C(=NC(=O)c3ccc(C#N)cc3)Cc3cnc(OCCN4CCCCC4)cc32)CC1. The summed E-state index contributed by atoms with van der Waals surface area (Å²) in [6, 6.07) is 10.9. The first kappa shape index (κ1) is 28.7. The van der Waals surface area contributed by atoms with Gasteiger partial charge in [0, 0.05) is 54.4 Å². The number of rotatable bonds is 8. The predicted octanol–water partition coefficient (Wildman–Crippen LogP) is 4.50. The molecule has 0 bridgehead atoms. The first-order valence-corrected chi connectivity index (χ1v) is 15.0. The molecule has 9 heteroatoms. The topological polar surface area (TPSA) is 111 Å². The Kier molecular flexibility index (Phi) is 9.30. The molecule has 3 heterocycles. The first-order valence-electron chi connectivity index (χ1n) is 15.0. The Morgan fingerprint density at radius 2 is 1.85 bits per heavy atom. The average molecular weight is 557 g/mol. The summed E-state index contributed by atoms with van der Waals surface area (Å²) in [5.41, 5.74) is 2.94. The van der Waals surface area contributed by atoms with E-state index in [1.165, 1.54) is 19.3 Å². The molecule has 3 aliphatic rings. The molecule has 1 N–H and O–H groups in total. The highest BCUT2D eigenvalue weighted by Crippen LogP contribution is 2.38. The van der Waals surface area contributed by atoms with Crippen molar-refractivity contribution in [1.82, 2.24) is 15.2 Å². The number of nitriles is 1. The molecule has 2 fully saturated rings. The number of aromatic nitrogens is 1. The van der Waals surface area contributed by atoms with E-state index in [2.05, 4.69) is 31.2 Å². The predicted molar refractivity (Wildman–Crippen MR) is 158 cm³/mol. The van der Waals surface area contributed by atoms with Gasteiger partial charge in [-0.3, -0.25) is 14.5 Å².